The first kappa shape index (κ1) is 22.9. The van der Waals surface area contributed by atoms with Crippen LogP contribution in [0.1, 0.15) is 36.7 Å². The van der Waals surface area contributed by atoms with E-state index in [0.717, 1.165) is 5.56 Å². The van der Waals surface area contributed by atoms with Crippen molar-refractivity contribution in [2.45, 2.75) is 32.9 Å². The SMILES string of the molecule is CN(CC(=O)Nc1ccc(F)cc1)C(=O)c1ccc(CNC(=O)OC(C)(C)C)cc1. The molecule has 8 heteroatoms. The molecule has 0 radical (unpaired) electrons. The molecule has 0 fully saturated rings. The van der Waals surface area contributed by atoms with Crippen molar-refractivity contribution in [3.8, 4) is 0 Å². The lowest BCUT2D eigenvalue weighted by Crippen LogP contribution is -2.35. The van der Waals surface area contributed by atoms with Crippen LogP contribution in [-0.2, 0) is 16.1 Å². The van der Waals surface area contributed by atoms with E-state index in [9.17, 15) is 18.8 Å². The Morgan fingerprint density at radius 1 is 1.00 bits per heavy atom. The van der Waals surface area contributed by atoms with E-state index in [-0.39, 0.29) is 19.0 Å². The van der Waals surface area contributed by atoms with Crippen LogP contribution >= 0.6 is 0 Å². The molecular formula is C22H26FN3O4. The number of hydrogen-bond donors (Lipinski definition) is 2. The molecule has 160 valence electrons. The second-order valence-corrected chi connectivity index (χ2v) is 7.77. The van der Waals surface area contributed by atoms with Gasteiger partial charge in [0.1, 0.15) is 11.4 Å². The number of anilines is 1. The van der Waals surface area contributed by atoms with Gasteiger partial charge in [0.2, 0.25) is 5.91 Å². The first-order valence-corrected chi connectivity index (χ1v) is 9.40. The molecule has 2 N–H and O–H groups in total. The Bertz CT molecular complexity index is 890. The summed E-state index contributed by atoms with van der Waals surface area (Å²) in [5, 5.41) is 5.25. The number of benzene rings is 2. The second kappa shape index (κ2) is 9.87. The van der Waals surface area contributed by atoms with Gasteiger partial charge in [0.05, 0.1) is 6.54 Å². The molecule has 0 spiro atoms. The average molecular weight is 415 g/mol. The van der Waals surface area contributed by atoms with Gasteiger partial charge in [-0.2, -0.15) is 0 Å². The van der Waals surface area contributed by atoms with E-state index in [2.05, 4.69) is 10.6 Å². The quantitative estimate of drug-likeness (QED) is 0.755. The molecule has 0 aliphatic rings. The molecule has 7 nitrogen and oxygen atoms in total. The first-order chi connectivity index (χ1) is 14.0. The normalized spacial score (nSPS) is 10.8. The Kier molecular flexibility index (Phi) is 7.52. The highest BCUT2D eigenvalue weighted by Gasteiger charge is 2.17. The second-order valence-electron chi connectivity index (χ2n) is 7.77. The van der Waals surface area contributed by atoms with Crippen molar-refractivity contribution in [2.75, 3.05) is 18.9 Å². The lowest BCUT2D eigenvalue weighted by atomic mass is 10.1. The van der Waals surface area contributed by atoms with E-state index in [1.165, 1.54) is 36.2 Å². The summed E-state index contributed by atoms with van der Waals surface area (Å²) in [4.78, 5) is 37.6. The molecule has 0 bridgehead atoms. The molecule has 2 rings (SSSR count). The summed E-state index contributed by atoms with van der Waals surface area (Å²) in [6.45, 7) is 5.45. The Labute approximate surface area is 175 Å². The Hall–Kier alpha value is -3.42. The summed E-state index contributed by atoms with van der Waals surface area (Å²) in [6.07, 6.45) is -0.519. The van der Waals surface area contributed by atoms with Crippen molar-refractivity contribution >= 4 is 23.6 Å². The maximum atomic E-state index is 12.9. The van der Waals surface area contributed by atoms with Crippen LogP contribution in [0.2, 0.25) is 0 Å². The van der Waals surface area contributed by atoms with Gasteiger partial charge >= 0.3 is 6.09 Å². The predicted octanol–water partition coefficient (Wildman–Crippen LogP) is 3.56. The average Bonchev–Trinajstić information content (AvgIpc) is 2.66. The van der Waals surface area contributed by atoms with E-state index >= 15 is 0 Å². The van der Waals surface area contributed by atoms with E-state index in [0.29, 0.717) is 11.3 Å². The van der Waals surface area contributed by atoms with Crippen molar-refractivity contribution in [3.05, 3.63) is 65.5 Å². The van der Waals surface area contributed by atoms with Crippen molar-refractivity contribution in [2.24, 2.45) is 0 Å². The highest BCUT2D eigenvalue weighted by molar-refractivity contribution is 5.99. The number of carbonyl (C=O) groups excluding carboxylic acids is 3. The zero-order chi connectivity index (χ0) is 22.3. The number of likely N-dealkylation sites (N-methyl/N-ethyl adjacent to an activating group) is 1. The van der Waals surface area contributed by atoms with E-state index in [1.54, 1.807) is 45.0 Å². The highest BCUT2D eigenvalue weighted by Crippen LogP contribution is 2.11. The summed E-state index contributed by atoms with van der Waals surface area (Å²) in [7, 11) is 1.52. The molecule has 0 aromatic heterocycles. The topological polar surface area (TPSA) is 87.7 Å². The molecule has 0 atom stereocenters. The molecule has 0 saturated carbocycles. The monoisotopic (exact) mass is 415 g/mol. The minimum atomic E-state index is -0.575. The van der Waals surface area contributed by atoms with Crippen LogP contribution in [0.4, 0.5) is 14.9 Å². The van der Waals surface area contributed by atoms with Gasteiger partial charge < -0.3 is 20.3 Å². The van der Waals surface area contributed by atoms with E-state index in [4.69, 9.17) is 4.74 Å². The Morgan fingerprint density at radius 2 is 1.60 bits per heavy atom. The van der Waals surface area contributed by atoms with Crippen LogP contribution in [0.3, 0.4) is 0 Å². The number of rotatable bonds is 6. The van der Waals surface area contributed by atoms with Crippen LogP contribution in [0.15, 0.2) is 48.5 Å². The van der Waals surface area contributed by atoms with Gasteiger partial charge in [0.25, 0.3) is 5.91 Å². The van der Waals surface area contributed by atoms with Crippen molar-refractivity contribution in [1.82, 2.24) is 10.2 Å². The van der Waals surface area contributed by atoms with Gasteiger partial charge in [0.15, 0.2) is 0 Å². The molecule has 0 aliphatic carbocycles. The van der Waals surface area contributed by atoms with Crippen molar-refractivity contribution in [1.29, 1.82) is 0 Å². The number of carbonyl (C=O) groups is 3. The standard InChI is InChI=1S/C22H26FN3O4/c1-22(2,3)30-21(29)24-13-15-5-7-16(8-6-15)20(28)26(4)14-19(27)25-18-11-9-17(23)10-12-18/h5-12H,13-14H2,1-4H3,(H,24,29)(H,25,27). The highest BCUT2D eigenvalue weighted by atomic mass is 19.1. The van der Waals surface area contributed by atoms with Gasteiger partial charge in [-0.3, -0.25) is 9.59 Å². The molecule has 0 heterocycles. The smallest absolute Gasteiger partial charge is 0.407 e. The summed E-state index contributed by atoms with van der Waals surface area (Å²) in [6, 6.07) is 12.1. The lowest BCUT2D eigenvalue weighted by Gasteiger charge is -2.19. The maximum absolute atomic E-state index is 12.9. The minimum absolute atomic E-state index is 0.155. The number of nitrogens with zero attached hydrogens (tertiary/aromatic N) is 1. The minimum Gasteiger partial charge on any atom is -0.444 e. The van der Waals surface area contributed by atoms with Crippen LogP contribution in [0.5, 0.6) is 0 Å². The summed E-state index contributed by atoms with van der Waals surface area (Å²) in [5.41, 5.74) is 1.08. The first-order valence-electron chi connectivity index (χ1n) is 9.40. The molecule has 0 saturated heterocycles. The number of halogens is 1. The zero-order valence-electron chi connectivity index (χ0n) is 17.5. The Balaban J connectivity index is 1.86. The molecule has 2 aromatic carbocycles. The predicted molar refractivity (Wildman–Crippen MR) is 112 cm³/mol. The number of ether oxygens (including phenoxy) is 1. The van der Waals surface area contributed by atoms with Gasteiger partial charge in [0, 0.05) is 24.8 Å². The molecule has 30 heavy (non-hydrogen) atoms. The number of amides is 3. The number of hydrogen-bond acceptors (Lipinski definition) is 4. The molecule has 2 aromatic rings. The van der Waals surface area contributed by atoms with Gasteiger partial charge in [-0.15, -0.1) is 0 Å². The molecular weight excluding hydrogens is 389 g/mol. The van der Waals surface area contributed by atoms with Gasteiger partial charge in [-0.05, 0) is 62.7 Å². The Morgan fingerprint density at radius 3 is 2.17 bits per heavy atom. The van der Waals surface area contributed by atoms with E-state index in [1.807, 2.05) is 0 Å². The fourth-order valence-corrected chi connectivity index (χ4v) is 2.49. The lowest BCUT2D eigenvalue weighted by molar-refractivity contribution is -0.116. The maximum Gasteiger partial charge on any atom is 0.407 e. The largest absolute Gasteiger partial charge is 0.444 e. The molecule has 0 unspecified atom stereocenters. The van der Waals surface area contributed by atoms with Gasteiger partial charge in [-0.25, -0.2) is 9.18 Å². The zero-order valence-corrected chi connectivity index (χ0v) is 17.5. The third-order valence-electron chi connectivity index (χ3n) is 3.89. The fraction of sp³-hybridized carbons (Fsp3) is 0.318. The van der Waals surface area contributed by atoms with Crippen LogP contribution in [0, 0.1) is 5.82 Å². The van der Waals surface area contributed by atoms with Gasteiger partial charge in [-0.1, -0.05) is 12.1 Å². The van der Waals surface area contributed by atoms with Crippen LogP contribution in [0.25, 0.3) is 0 Å². The van der Waals surface area contributed by atoms with Crippen LogP contribution in [-0.4, -0.2) is 42.0 Å². The number of alkyl carbamates (subject to hydrolysis) is 1. The fourth-order valence-electron chi connectivity index (χ4n) is 2.49. The van der Waals surface area contributed by atoms with Crippen molar-refractivity contribution < 1.29 is 23.5 Å². The van der Waals surface area contributed by atoms with Crippen molar-refractivity contribution in [3.63, 3.8) is 0 Å². The summed E-state index contributed by atoms with van der Waals surface area (Å²) < 4.78 is 18.1. The summed E-state index contributed by atoms with van der Waals surface area (Å²) in [5.74, 6) is -1.11. The van der Waals surface area contributed by atoms with E-state index < -0.39 is 23.4 Å². The molecule has 0 aliphatic heterocycles. The summed E-state index contributed by atoms with van der Waals surface area (Å²) >= 11 is 0. The number of nitrogens with one attached hydrogen (secondary N) is 2. The third-order valence-corrected chi connectivity index (χ3v) is 3.89. The third kappa shape index (κ3) is 7.54. The molecule has 3 amide bonds. The van der Waals surface area contributed by atoms with Crippen LogP contribution < -0.4 is 10.6 Å².